The highest BCUT2D eigenvalue weighted by Crippen LogP contribution is 2.27. The molecule has 0 aliphatic heterocycles. The number of rotatable bonds is 7. The lowest BCUT2D eigenvalue weighted by atomic mass is 10.1. The summed E-state index contributed by atoms with van der Waals surface area (Å²) in [6.07, 6.45) is 1.39. The summed E-state index contributed by atoms with van der Waals surface area (Å²) >= 11 is 0. The second-order valence-electron chi connectivity index (χ2n) is 5.27. The molecule has 2 rings (SSSR count). The Hall–Kier alpha value is -3.86. The van der Waals surface area contributed by atoms with E-state index in [0.29, 0.717) is 23.7 Å². The van der Waals surface area contributed by atoms with Gasteiger partial charge < -0.3 is 14.8 Å². The molecule has 0 spiro atoms. The van der Waals surface area contributed by atoms with Crippen molar-refractivity contribution in [2.24, 2.45) is 0 Å². The molecule has 0 unspecified atom stereocenters. The molecular weight excluding hydrogens is 350 g/mol. The predicted molar refractivity (Wildman–Crippen MR) is 99.5 cm³/mol. The number of amides is 1. The molecule has 0 atom stereocenters. The lowest BCUT2D eigenvalue weighted by Crippen LogP contribution is -2.13. The van der Waals surface area contributed by atoms with Crippen LogP contribution in [0, 0.1) is 21.4 Å². The standard InChI is InChI=1S/C19H17N3O5/c1-3-27-18-11-17(26-2)8-7-13(18)9-14(12-20)19(23)21-15-5-4-6-16(10-15)22(24)25/h4-11H,3H2,1-2H3,(H,21,23)/b14-9+. The van der Waals surface area contributed by atoms with Crippen molar-refractivity contribution in [2.45, 2.75) is 6.92 Å². The van der Waals surface area contributed by atoms with E-state index >= 15 is 0 Å². The van der Waals surface area contributed by atoms with E-state index in [0.717, 1.165) is 0 Å². The summed E-state index contributed by atoms with van der Waals surface area (Å²) in [6, 6.07) is 12.3. The van der Waals surface area contributed by atoms with Gasteiger partial charge in [0.25, 0.3) is 11.6 Å². The Morgan fingerprint density at radius 1 is 1.33 bits per heavy atom. The smallest absolute Gasteiger partial charge is 0.271 e. The predicted octanol–water partition coefficient (Wildman–Crippen LogP) is 3.55. The number of carbonyl (C=O) groups is 1. The van der Waals surface area contributed by atoms with E-state index in [4.69, 9.17) is 9.47 Å². The van der Waals surface area contributed by atoms with Gasteiger partial charge in [-0.05, 0) is 31.2 Å². The molecule has 0 aromatic heterocycles. The molecule has 0 aliphatic carbocycles. The van der Waals surface area contributed by atoms with Crippen LogP contribution in [0.2, 0.25) is 0 Å². The third-order valence-corrected chi connectivity index (χ3v) is 3.50. The number of nitrogens with one attached hydrogen (secondary N) is 1. The SMILES string of the molecule is CCOc1cc(OC)ccc1/C=C(\C#N)C(=O)Nc1cccc([N+](=O)[O-])c1. The second kappa shape index (κ2) is 9.01. The van der Waals surface area contributed by atoms with Crippen molar-refractivity contribution in [1.29, 1.82) is 5.26 Å². The number of non-ortho nitro benzene ring substituents is 1. The van der Waals surface area contributed by atoms with Gasteiger partial charge in [-0.15, -0.1) is 0 Å². The van der Waals surface area contributed by atoms with Gasteiger partial charge in [0, 0.05) is 29.4 Å². The van der Waals surface area contributed by atoms with E-state index in [9.17, 15) is 20.2 Å². The zero-order chi connectivity index (χ0) is 19.8. The number of nitro benzene ring substituents is 1. The molecule has 2 aromatic carbocycles. The second-order valence-corrected chi connectivity index (χ2v) is 5.27. The highest BCUT2D eigenvalue weighted by atomic mass is 16.6. The fourth-order valence-electron chi connectivity index (χ4n) is 2.24. The Bertz CT molecular complexity index is 931. The minimum absolute atomic E-state index is 0.163. The highest BCUT2D eigenvalue weighted by molar-refractivity contribution is 6.09. The van der Waals surface area contributed by atoms with Crippen LogP contribution in [0.1, 0.15) is 12.5 Å². The van der Waals surface area contributed by atoms with Gasteiger partial charge in [-0.2, -0.15) is 5.26 Å². The summed E-state index contributed by atoms with van der Waals surface area (Å²) in [5.74, 6) is 0.360. The minimum Gasteiger partial charge on any atom is -0.497 e. The number of ether oxygens (including phenoxy) is 2. The molecule has 1 amide bonds. The number of carbonyl (C=O) groups excluding carboxylic acids is 1. The maximum atomic E-state index is 12.4. The number of nitrogens with zero attached hydrogens (tertiary/aromatic N) is 2. The van der Waals surface area contributed by atoms with Gasteiger partial charge in [-0.1, -0.05) is 6.07 Å². The first-order valence-electron chi connectivity index (χ1n) is 7.97. The number of hydrogen-bond donors (Lipinski definition) is 1. The Balaban J connectivity index is 2.30. The number of nitro groups is 1. The van der Waals surface area contributed by atoms with Crippen LogP contribution in [-0.4, -0.2) is 24.5 Å². The molecule has 2 aromatic rings. The number of anilines is 1. The fraction of sp³-hybridized carbons (Fsp3) is 0.158. The number of benzene rings is 2. The van der Waals surface area contributed by atoms with Gasteiger partial charge in [-0.25, -0.2) is 0 Å². The monoisotopic (exact) mass is 367 g/mol. The summed E-state index contributed by atoms with van der Waals surface area (Å²) in [6.45, 7) is 2.21. The zero-order valence-corrected chi connectivity index (χ0v) is 14.8. The van der Waals surface area contributed by atoms with Gasteiger partial charge >= 0.3 is 0 Å². The maximum absolute atomic E-state index is 12.4. The fourth-order valence-corrected chi connectivity index (χ4v) is 2.24. The lowest BCUT2D eigenvalue weighted by Gasteiger charge is -2.10. The minimum atomic E-state index is -0.684. The van der Waals surface area contributed by atoms with Crippen LogP contribution in [0.25, 0.3) is 6.08 Å². The van der Waals surface area contributed by atoms with Gasteiger partial charge in [0.1, 0.15) is 23.1 Å². The number of nitriles is 1. The molecular formula is C19H17N3O5. The normalized spacial score (nSPS) is 10.6. The third-order valence-electron chi connectivity index (χ3n) is 3.50. The first kappa shape index (κ1) is 19.5. The van der Waals surface area contributed by atoms with Crippen LogP contribution >= 0.6 is 0 Å². The van der Waals surface area contributed by atoms with Gasteiger partial charge in [0.15, 0.2) is 0 Å². The van der Waals surface area contributed by atoms with Gasteiger partial charge in [0.2, 0.25) is 0 Å². The molecule has 27 heavy (non-hydrogen) atoms. The van der Waals surface area contributed by atoms with Gasteiger partial charge in [-0.3, -0.25) is 14.9 Å². The number of hydrogen-bond acceptors (Lipinski definition) is 6. The topological polar surface area (TPSA) is 114 Å². The molecule has 8 heteroatoms. The van der Waals surface area contributed by atoms with Crippen molar-refractivity contribution in [3.63, 3.8) is 0 Å². The Kier molecular flexibility index (Phi) is 6.49. The Morgan fingerprint density at radius 2 is 2.11 bits per heavy atom. The van der Waals surface area contributed by atoms with E-state index in [2.05, 4.69) is 5.32 Å². The summed E-state index contributed by atoms with van der Waals surface area (Å²) in [7, 11) is 1.52. The van der Waals surface area contributed by atoms with Crippen LogP contribution in [0.4, 0.5) is 11.4 Å². The molecule has 0 radical (unpaired) electrons. The van der Waals surface area contributed by atoms with Crippen molar-refractivity contribution in [3.8, 4) is 17.6 Å². The van der Waals surface area contributed by atoms with E-state index in [-0.39, 0.29) is 16.9 Å². The third kappa shape index (κ3) is 5.06. The first-order chi connectivity index (χ1) is 13.0. The molecule has 138 valence electrons. The molecule has 1 N–H and O–H groups in total. The van der Waals surface area contributed by atoms with Crippen LogP contribution in [0.15, 0.2) is 48.0 Å². The summed E-state index contributed by atoms with van der Waals surface area (Å²) in [5, 5.41) is 22.7. The van der Waals surface area contributed by atoms with Crippen LogP contribution in [-0.2, 0) is 4.79 Å². The molecule has 0 saturated heterocycles. The number of methoxy groups -OCH3 is 1. The average molecular weight is 367 g/mol. The van der Waals surface area contributed by atoms with Crippen LogP contribution in [0.3, 0.4) is 0 Å². The van der Waals surface area contributed by atoms with E-state index < -0.39 is 10.8 Å². The zero-order valence-electron chi connectivity index (χ0n) is 14.8. The molecule has 8 nitrogen and oxygen atoms in total. The highest BCUT2D eigenvalue weighted by Gasteiger charge is 2.14. The molecule has 0 bridgehead atoms. The van der Waals surface area contributed by atoms with Crippen LogP contribution in [0.5, 0.6) is 11.5 Å². The molecule has 0 heterocycles. The van der Waals surface area contributed by atoms with Crippen molar-refractivity contribution in [3.05, 3.63) is 63.7 Å². The maximum Gasteiger partial charge on any atom is 0.271 e. The molecule has 0 saturated carbocycles. The lowest BCUT2D eigenvalue weighted by molar-refractivity contribution is -0.384. The van der Waals surface area contributed by atoms with Crippen molar-refractivity contribution in [2.75, 3.05) is 19.0 Å². The van der Waals surface area contributed by atoms with E-state index in [1.165, 1.54) is 37.5 Å². The van der Waals surface area contributed by atoms with Crippen LogP contribution < -0.4 is 14.8 Å². The Morgan fingerprint density at radius 3 is 2.74 bits per heavy atom. The first-order valence-corrected chi connectivity index (χ1v) is 7.97. The Labute approximate surface area is 155 Å². The van der Waals surface area contributed by atoms with E-state index in [1.807, 2.05) is 13.0 Å². The van der Waals surface area contributed by atoms with Gasteiger partial charge in [0.05, 0.1) is 18.6 Å². The summed E-state index contributed by atoms with van der Waals surface area (Å²) < 4.78 is 10.7. The quantitative estimate of drug-likeness (QED) is 0.346. The summed E-state index contributed by atoms with van der Waals surface area (Å²) in [5.41, 5.74) is 0.412. The molecule has 0 aliphatic rings. The largest absolute Gasteiger partial charge is 0.497 e. The van der Waals surface area contributed by atoms with Crippen molar-refractivity contribution >= 4 is 23.4 Å². The summed E-state index contributed by atoms with van der Waals surface area (Å²) in [4.78, 5) is 22.6. The average Bonchev–Trinajstić information content (AvgIpc) is 2.67. The molecule has 0 fully saturated rings. The van der Waals surface area contributed by atoms with Crippen molar-refractivity contribution < 1.29 is 19.2 Å². The van der Waals surface area contributed by atoms with E-state index in [1.54, 1.807) is 18.2 Å². The van der Waals surface area contributed by atoms with Crippen molar-refractivity contribution in [1.82, 2.24) is 0 Å².